The minimum absolute atomic E-state index is 0.00189. The van der Waals surface area contributed by atoms with Gasteiger partial charge >= 0.3 is 0 Å². The fourth-order valence-electron chi connectivity index (χ4n) is 2.09. The third kappa shape index (κ3) is 5.69. The normalized spacial score (nSPS) is 11.7. The maximum Gasteiger partial charge on any atom is 0.222 e. The number of rotatable bonds is 7. The number of nitrogens with one attached hydrogen (secondary N) is 2. The standard InChI is InChI=1S/C16H19ClN4O/c1-12(10-13-4-2-5-14(17)11-13)21-15(22)6-9-20-16-18-7-3-8-19-16/h2-5,7-8,11-12H,6,9-10H2,1H3,(H,21,22)(H,18,19,20). The Morgan fingerprint density at radius 1 is 1.27 bits per heavy atom. The van der Waals surface area contributed by atoms with Crippen LogP contribution in [-0.2, 0) is 11.2 Å². The van der Waals surface area contributed by atoms with Crippen LogP contribution in [0.4, 0.5) is 5.95 Å². The Balaban J connectivity index is 1.70. The molecule has 0 saturated carbocycles. The van der Waals surface area contributed by atoms with Gasteiger partial charge in [-0.3, -0.25) is 4.79 Å². The fraction of sp³-hybridized carbons (Fsp3) is 0.312. The van der Waals surface area contributed by atoms with Gasteiger partial charge in [0, 0.05) is 36.4 Å². The van der Waals surface area contributed by atoms with Gasteiger partial charge in [-0.2, -0.15) is 0 Å². The Morgan fingerprint density at radius 2 is 2.05 bits per heavy atom. The number of halogens is 1. The van der Waals surface area contributed by atoms with Crippen LogP contribution in [0, 0.1) is 0 Å². The Bertz CT molecular complexity index is 606. The van der Waals surface area contributed by atoms with Crippen molar-refractivity contribution in [1.29, 1.82) is 0 Å². The van der Waals surface area contributed by atoms with Gasteiger partial charge in [0.25, 0.3) is 0 Å². The molecule has 1 aromatic carbocycles. The van der Waals surface area contributed by atoms with E-state index in [1.807, 2.05) is 31.2 Å². The van der Waals surface area contributed by atoms with Gasteiger partial charge in [-0.05, 0) is 37.1 Å². The van der Waals surface area contributed by atoms with Gasteiger partial charge in [0.15, 0.2) is 0 Å². The maximum atomic E-state index is 11.9. The van der Waals surface area contributed by atoms with E-state index in [0.717, 1.165) is 12.0 Å². The van der Waals surface area contributed by atoms with Crippen molar-refractivity contribution in [2.75, 3.05) is 11.9 Å². The molecule has 5 nitrogen and oxygen atoms in total. The number of carbonyl (C=O) groups is 1. The third-order valence-corrected chi connectivity index (χ3v) is 3.27. The zero-order chi connectivity index (χ0) is 15.8. The molecule has 1 amide bonds. The summed E-state index contributed by atoms with van der Waals surface area (Å²) in [5.41, 5.74) is 1.11. The first-order valence-corrected chi connectivity index (χ1v) is 7.56. The summed E-state index contributed by atoms with van der Waals surface area (Å²) in [7, 11) is 0. The van der Waals surface area contributed by atoms with Gasteiger partial charge < -0.3 is 10.6 Å². The highest BCUT2D eigenvalue weighted by Gasteiger charge is 2.08. The zero-order valence-electron chi connectivity index (χ0n) is 12.4. The smallest absolute Gasteiger partial charge is 0.222 e. The quantitative estimate of drug-likeness (QED) is 0.823. The number of aromatic nitrogens is 2. The van der Waals surface area contributed by atoms with Gasteiger partial charge in [-0.15, -0.1) is 0 Å². The van der Waals surface area contributed by atoms with E-state index in [1.165, 1.54) is 0 Å². The van der Waals surface area contributed by atoms with Gasteiger partial charge in [-0.25, -0.2) is 9.97 Å². The fourth-order valence-corrected chi connectivity index (χ4v) is 2.31. The van der Waals surface area contributed by atoms with E-state index in [2.05, 4.69) is 20.6 Å². The molecule has 0 aliphatic carbocycles. The highest BCUT2D eigenvalue weighted by atomic mass is 35.5. The van der Waals surface area contributed by atoms with Crippen LogP contribution in [-0.4, -0.2) is 28.5 Å². The van der Waals surface area contributed by atoms with E-state index >= 15 is 0 Å². The summed E-state index contributed by atoms with van der Waals surface area (Å²) in [6, 6.07) is 9.47. The monoisotopic (exact) mass is 318 g/mol. The summed E-state index contributed by atoms with van der Waals surface area (Å²) >= 11 is 5.95. The second-order valence-electron chi connectivity index (χ2n) is 5.05. The van der Waals surface area contributed by atoms with E-state index in [-0.39, 0.29) is 11.9 Å². The molecular weight excluding hydrogens is 300 g/mol. The van der Waals surface area contributed by atoms with Gasteiger partial charge in [0.05, 0.1) is 0 Å². The molecule has 1 heterocycles. The molecule has 1 atom stereocenters. The molecular formula is C16H19ClN4O. The van der Waals surface area contributed by atoms with Crippen LogP contribution in [0.2, 0.25) is 5.02 Å². The van der Waals surface area contributed by atoms with Crippen molar-refractivity contribution in [1.82, 2.24) is 15.3 Å². The molecule has 0 aliphatic heterocycles. The van der Waals surface area contributed by atoms with E-state index in [4.69, 9.17) is 11.6 Å². The SMILES string of the molecule is CC(Cc1cccc(Cl)c1)NC(=O)CCNc1ncccn1. The Kier molecular flexibility index (Phi) is 6.15. The number of carbonyl (C=O) groups excluding carboxylic acids is 1. The lowest BCUT2D eigenvalue weighted by Crippen LogP contribution is -2.35. The Hall–Kier alpha value is -2.14. The summed E-state index contributed by atoms with van der Waals surface area (Å²) in [5.74, 6) is 0.528. The van der Waals surface area contributed by atoms with Crippen LogP contribution in [0.25, 0.3) is 0 Å². The summed E-state index contributed by atoms with van der Waals surface area (Å²) in [6.07, 6.45) is 4.44. The average Bonchev–Trinajstić information content (AvgIpc) is 2.48. The van der Waals surface area contributed by atoms with Gasteiger partial charge in [0.1, 0.15) is 0 Å². The van der Waals surface area contributed by atoms with E-state index in [1.54, 1.807) is 18.5 Å². The lowest BCUT2D eigenvalue weighted by Gasteiger charge is -2.14. The number of nitrogens with zero attached hydrogens (tertiary/aromatic N) is 2. The van der Waals surface area contributed by atoms with Crippen LogP contribution in [0.3, 0.4) is 0 Å². The van der Waals surface area contributed by atoms with Crippen molar-refractivity contribution in [2.45, 2.75) is 25.8 Å². The number of benzene rings is 1. The molecule has 0 aliphatic rings. The summed E-state index contributed by atoms with van der Waals surface area (Å²) < 4.78 is 0. The third-order valence-electron chi connectivity index (χ3n) is 3.04. The lowest BCUT2D eigenvalue weighted by molar-refractivity contribution is -0.121. The number of amides is 1. The molecule has 1 aromatic heterocycles. The van der Waals surface area contributed by atoms with E-state index in [9.17, 15) is 4.79 Å². The van der Waals surface area contributed by atoms with Crippen molar-refractivity contribution in [3.8, 4) is 0 Å². The summed E-state index contributed by atoms with van der Waals surface area (Å²) in [4.78, 5) is 20.0. The van der Waals surface area contributed by atoms with Crippen molar-refractivity contribution in [2.24, 2.45) is 0 Å². The van der Waals surface area contributed by atoms with Crippen LogP contribution >= 0.6 is 11.6 Å². The van der Waals surface area contributed by atoms with Gasteiger partial charge in [-0.1, -0.05) is 23.7 Å². The number of hydrogen-bond acceptors (Lipinski definition) is 4. The largest absolute Gasteiger partial charge is 0.354 e. The molecule has 0 fully saturated rings. The van der Waals surface area contributed by atoms with Crippen LogP contribution in [0.1, 0.15) is 18.9 Å². The first-order chi connectivity index (χ1) is 10.6. The van der Waals surface area contributed by atoms with Crippen LogP contribution < -0.4 is 10.6 Å². The molecule has 1 unspecified atom stereocenters. The molecule has 0 radical (unpaired) electrons. The minimum Gasteiger partial charge on any atom is -0.354 e. The van der Waals surface area contributed by atoms with Crippen LogP contribution in [0.15, 0.2) is 42.7 Å². The van der Waals surface area contributed by atoms with Crippen molar-refractivity contribution in [3.05, 3.63) is 53.3 Å². The molecule has 116 valence electrons. The topological polar surface area (TPSA) is 66.9 Å². The molecule has 0 bridgehead atoms. The molecule has 0 saturated heterocycles. The molecule has 2 rings (SSSR count). The van der Waals surface area contributed by atoms with Crippen molar-refractivity contribution >= 4 is 23.5 Å². The predicted molar refractivity (Wildman–Crippen MR) is 87.9 cm³/mol. The molecule has 22 heavy (non-hydrogen) atoms. The lowest BCUT2D eigenvalue weighted by atomic mass is 10.1. The molecule has 2 N–H and O–H groups in total. The second kappa shape index (κ2) is 8.34. The number of hydrogen-bond donors (Lipinski definition) is 2. The predicted octanol–water partition coefficient (Wildman–Crippen LogP) is 2.68. The van der Waals surface area contributed by atoms with Gasteiger partial charge in [0.2, 0.25) is 11.9 Å². The Morgan fingerprint density at radius 3 is 2.77 bits per heavy atom. The number of anilines is 1. The molecule has 2 aromatic rings. The highest BCUT2D eigenvalue weighted by Crippen LogP contribution is 2.12. The molecule has 0 spiro atoms. The minimum atomic E-state index is -0.00189. The highest BCUT2D eigenvalue weighted by molar-refractivity contribution is 6.30. The average molecular weight is 319 g/mol. The first-order valence-electron chi connectivity index (χ1n) is 7.18. The van der Waals surface area contributed by atoms with E-state index in [0.29, 0.717) is 23.9 Å². The van der Waals surface area contributed by atoms with Crippen molar-refractivity contribution in [3.63, 3.8) is 0 Å². The molecule has 6 heteroatoms. The zero-order valence-corrected chi connectivity index (χ0v) is 13.2. The maximum absolute atomic E-state index is 11.9. The first kappa shape index (κ1) is 16.2. The Labute approximate surface area is 135 Å². The van der Waals surface area contributed by atoms with E-state index < -0.39 is 0 Å². The second-order valence-corrected chi connectivity index (χ2v) is 5.49. The van der Waals surface area contributed by atoms with Crippen molar-refractivity contribution < 1.29 is 4.79 Å². The van der Waals surface area contributed by atoms with Crippen LogP contribution in [0.5, 0.6) is 0 Å². The summed E-state index contributed by atoms with van der Waals surface area (Å²) in [6.45, 7) is 2.48. The summed E-state index contributed by atoms with van der Waals surface area (Å²) in [5, 5.41) is 6.69.